The molecule has 2 amide bonds. The number of hydrogen-bond donors (Lipinski definition) is 1. The number of piperazine rings is 1. The zero-order valence-corrected chi connectivity index (χ0v) is 23.5. The van der Waals surface area contributed by atoms with Crippen molar-refractivity contribution in [2.75, 3.05) is 26.2 Å². The Kier molecular flexibility index (Phi) is 7.78. The minimum Gasteiger partial charge on any atom is -0.508 e. The van der Waals surface area contributed by atoms with E-state index in [1.165, 1.54) is 0 Å². The fourth-order valence-electron chi connectivity index (χ4n) is 6.19. The van der Waals surface area contributed by atoms with Crippen LogP contribution in [0, 0.1) is 0 Å². The lowest BCUT2D eigenvalue weighted by Gasteiger charge is -2.56. The van der Waals surface area contributed by atoms with Crippen molar-refractivity contribution in [1.29, 1.82) is 0 Å². The Morgan fingerprint density at radius 1 is 1.02 bits per heavy atom. The highest BCUT2D eigenvalue weighted by atomic mass is 32.2. The van der Waals surface area contributed by atoms with Crippen molar-refractivity contribution in [3.8, 4) is 5.75 Å². The molecule has 1 aliphatic carbocycles. The maximum absolute atomic E-state index is 14.2. The topological polar surface area (TPSA) is 79.7 Å². The van der Waals surface area contributed by atoms with E-state index >= 15 is 0 Å². The SMILES string of the molecule is CCCN1C2CN(CC3=CC=CC4SC=NC34)C(=O)C(Cc3ccc(O)cc3)N2C(=O)CN1Cc1ccccc1. The Bertz CT molecular complexity index is 1330. The molecule has 9 heteroatoms. The van der Waals surface area contributed by atoms with Crippen molar-refractivity contribution in [3.63, 3.8) is 0 Å². The van der Waals surface area contributed by atoms with E-state index in [2.05, 4.69) is 47.3 Å². The number of amides is 2. The first-order valence-corrected chi connectivity index (χ1v) is 14.9. The van der Waals surface area contributed by atoms with E-state index in [-0.39, 0.29) is 41.6 Å². The van der Waals surface area contributed by atoms with Gasteiger partial charge in [-0.3, -0.25) is 14.6 Å². The third kappa shape index (κ3) is 5.33. The number of phenols is 1. The molecule has 1 N–H and O–H groups in total. The van der Waals surface area contributed by atoms with Crippen LogP contribution in [0.4, 0.5) is 0 Å². The van der Waals surface area contributed by atoms with Gasteiger partial charge >= 0.3 is 0 Å². The van der Waals surface area contributed by atoms with E-state index in [9.17, 15) is 14.7 Å². The molecule has 2 saturated heterocycles. The molecular weight excluding hydrogens is 522 g/mol. The smallest absolute Gasteiger partial charge is 0.246 e. The first-order valence-electron chi connectivity index (χ1n) is 14.0. The predicted molar refractivity (Wildman–Crippen MR) is 158 cm³/mol. The van der Waals surface area contributed by atoms with E-state index in [1.54, 1.807) is 23.9 Å². The molecule has 3 heterocycles. The van der Waals surface area contributed by atoms with Crippen LogP contribution in [0.15, 0.2) is 83.4 Å². The lowest BCUT2D eigenvalue weighted by atomic mass is 9.95. The van der Waals surface area contributed by atoms with Gasteiger partial charge in [-0.1, -0.05) is 67.6 Å². The number of hydrazine groups is 1. The van der Waals surface area contributed by atoms with Crippen molar-refractivity contribution in [1.82, 2.24) is 19.8 Å². The van der Waals surface area contributed by atoms with Gasteiger partial charge in [0.1, 0.15) is 18.0 Å². The van der Waals surface area contributed by atoms with Crippen molar-refractivity contribution in [3.05, 3.63) is 89.5 Å². The van der Waals surface area contributed by atoms with Gasteiger partial charge in [0.2, 0.25) is 11.8 Å². The number of carbonyl (C=O) groups is 2. The molecule has 0 aromatic heterocycles. The molecule has 0 bridgehead atoms. The highest BCUT2D eigenvalue weighted by Crippen LogP contribution is 2.34. The predicted octanol–water partition coefficient (Wildman–Crippen LogP) is 3.45. The summed E-state index contributed by atoms with van der Waals surface area (Å²) < 4.78 is 0. The summed E-state index contributed by atoms with van der Waals surface area (Å²) >= 11 is 1.71. The van der Waals surface area contributed by atoms with Gasteiger partial charge in [0, 0.05) is 26.1 Å². The zero-order valence-electron chi connectivity index (χ0n) is 22.7. The molecule has 2 aromatic rings. The van der Waals surface area contributed by atoms with Crippen LogP contribution in [0.2, 0.25) is 0 Å². The molecule has 2 fully saturated rings. The number of carbonyl (C=O) groups excluding carboxylic acids is 2. The second kappa shape index (κ2) is 11.6. The highest BCUT2D eigenvalue weighted by Gasteiger charge is 2.50. The van der Waals surface area contributed by atoms with Gasteiger partial charge in [-0.05, 0) is 35.3 Å². The zero-order chi connectivity index (χ0) is 27.6. The Labute approximate surface area is 239 Å². The molecule has 4 unspecified atom stereocenters. The molecule has 4 atom stereocenters. The summed E-state index contributed by atoms with van der Waals surface area (Å²) in [7, 11) is 0. The molecule has 208 valence electrons. The van der Waals surface area contributed by atoms with Crippen LogP contribution in [0.25, 0.3) is 0 Å². The van der Waals surface area contributed by atoms with Crippen molar-refractivity contribution in [2.45, 2.75) is 49.8 Å². The van der Waals surface area contributed by atoms with Gasteiger partial charge in [0.05, 0.1) is 29.9 Å². The first-order chi connectivity index (χ1) is 19.5. The fourth-order valence-corrected chi connectivity index (χ4v) is 7.11. The highest BCUT2D eigenvalue weighted by molar-refractivity contribution is 8.13. The number of fused-ring (bicyclic) bond motifs is 2. The minimum atomic E-state index is -0.619. The van der Waals surface area contributed by atoms with E-state index in [0.717, 1.165) is 29.7 Å². The third-order valence-electron chi connectivity index (χ3n) is 8.09. The number of allylic oxidation sites excluding steroid dienone is 2. The van der Waals surface area contributed by atoms with Crippen LogP contribution >= 0.6 is 11.8 Å². The summed E-state index contributed by atoms with van der Waals surface area (Å²) in [6.07, 6.45) is 7.39. The maximum Gasteiger partial charge on any atom is 0.246 e. The number of phenolic OH excluding ortho intramolecular Hbond substituents is 1. The lowest BCUT2D eigenvalue weighted by molar-refractivity contribution is -0.205. The fraction of sp³-hybridized carbons (Fsp3) is 0.387. The Morgan fingerprint density at radius 2 is 1.82 bits per heavy atom. The first kappa shape index (κ1) is 26.8. The van der Waals surface area contributed by atoms with Crippen molar-refractivity contribution in [2.24, 2.45) is 4.99 Å². The van der Waals surface area contributed by atoms with Crippen LogP contribution in [-0.4, -0.2) is 92.0 Å². The standard InChI is InChI=1S/C31H35N5O3S/c1-2-15-35-28-19-33(18-24-9-6-10-27-30(24)32-21-40-27)31(39)26(16-22-11-13-25(37)14-12-22)36(28)29(38)20-34(35)17-23-7-4-3-5-8-23/h3-14,21,26-28,30,37H,2,15-20H2,1H3. The summed E-state index contributed by atoms with van der Waals surface area (Å²) in [5, 5.41) is 14.5. The number of nitrogens with zero attached hydrogens (tertiary/aromatic N) is 5. The average molecular weight is 558 g/mol. The Morgan fingerprint density at radius 3 is 2.60 bits per heavy atom. The number of thioether (sulfide) groups is 1. The van der Waals surface area contributed by atoms with E-state index in [4.69, 9.17) is 4.99 Å². The largest absolute Gasteiger partial charge is 0.508 e. The summed E-state index contributed by atoms with van der Waals surface area (Å²) in [6.45, 7) is 4.74. The minimum absolute atomic E-state index is 0.0262. The van der Waals surface area contributed by atoms with E-state index < -0.39 is 6.04 Å². The van der Waals surface area contributed by atoms with Crippen LogP contribution in [-0.2, 0) is 22.6 Å². The summed E-state index contributed by atoms with van der Waals surface area (Å²) in [5.74, 6) is 0.119. The average Bonchev–Trinajstić information content (AvgIpc) is 3.45. The quantitative estimate of drug-likeness (QED) is 0.536. The van der Waals surface area contributed by atoms with E-state index in [1.807, 2.05) is 45.7 Å². The molecule has 3 aliphatic heterocycles. The molecule has 0 spiro atoms. The number of benzene rings is 2. The molecule has 0 radical (unpaired) electrons. The van der Waals surface area contributed by atoms with Gasteiger partial charge in [0.25, 0.3) is 0 Å². The van der Waals surface area contributed by atoms with Gasteiger partial charge < -0.3 is 14.9 Å². The number of hydrogen-bond acceptors (Lipinski definition) is 7. The molecule has 6 rings (SSSR count). The molecule has 0 saturated carbocycles. The normalized spacial score (nSPS) is 26.7. The summed E-state index contributed by atoms with van der Waals surface area (Å²) in [4.78, 5) is 36.5. The van der Waals surface area contributed by atoms with Gasteiger partial charge in [-0.25, -0.2) is 10.0 Å². The molecular formula is C31H35N5O3S. The van der Waals surface area contributed by atoms with Crippen LogP contribution in [0.1, 0.15) is 24.5 Å². The maximum atomic E-state index is 14.2. The Balaban J connectivity index is 1.33. The van der Waals surface area contributed by atoms with Crippen LogP contribution in [0.3, 0.4) is 0 Å². The van der Waals surface area contributed by atoms with Gasteiger partial charge in [0.15, 0.2) is 0 Å². The molecule has 40 heavy (non-hydrogen) atoms. The lowest BCUT2D eigenvalue weighted by Crippen LogP contribution is -2.75. The van der Waals surface area contributed by atoms with Crippen LogP contribution < -0.4 is 0 Å². The monoisotopic (exact) mass is 557 g/mol. The second-order valence-corrected chi connectivity index (χ2v) is 11.8. The van der Waals surface area contributed by atoms with Crippen LogP contribution in [0.5, 0.6) is 5.75 Å². The van der Waals surface area contributed by atoms with Crippen molar-refractivity contribution >= 4 is 29.1 Å². The van der Waals surface area contributed by atoms with Gasteiger partial charge in [-0.2, -0.15) is 0 Å². The van der Waals surface area contributed by atoms with E-state index in [0.29, 0.717) is 26.1 Å². The molecule has 2 aromatic carbocycles. The number of aliphatic imine (C=N–C) groups is 1. The number of aromatic hydroxyl groups is 1. The molecule has 4 aliphatic rings. The molecule has 8 nitrogen and oxygen atoms in total. The summed E-state index contributed by atoms with van der Waals surface area (Å²) in [5.41, 5.74) is 5.10. The summed E-state index contributed by atoms with van der Waals surface area (Å²) in [6, 6.07) is 16.6. The number of rotatable bonds is 8. The van der Waals surface area contributed by atoms with Crippen molar-refractivity contribution < 1.29 is 14.7 Å². The third-order valence-corrected chi connectivity index (χ3v) is 9.06. The second-order valence-electron chi connectivity index (χ2n) is 10.8. The Hall–Kier alpha value is -3.40. The van der Waals surface area contributed by atoms with Gasteiger partial charge in [-0.15, -0.1) is 11.8 Å².